The molecule has 8 heteroatoms. The van der Waals surface area contributed by atoms with E-state index in [1.807, 2.05) is 30.8 Å². The Balaban J connectivity index is 1.90. The van der Waals surface area contributed by atoms with E-state index in [4.69, 9.17) is 4.98 Å². The number of carbonyl (C=O) groups excluding carboxylic acids is 2. The molecule has 8 nitrogen and oxygen atoms in total. The maximum Gasteiger partial charge on any atom is 0.227 e. The Morgan fingerprint density at radius 1 is 1.27 bits per heavy atom. The SMILES string of the molecule is CCNC(=O)[C@H]1CCN(c2nc(N(C)C)nc3c2CCN(C(C)=O)C3)C1. The third-order valence-corrected chi connectivity index (χ3v) is 5.09. The summed E-state index contributed by atoms with van der Waals surface area (Å²) in [5.74, 6) is 1.76. The van der Waals surface area contributed by atoms with Crippen molar-refractivity contribution in [3.63, 3.8) is 0 Å². The fraction of sp³-hybridized carbons (Fsp3) is 0.667. The molecule has 0 aliphatic carbocycles. The van der Waals surface area contributed by atoms with Crippen molar-refractivity contribution >= 4 is 23.6 Å². The average molecular weight is 360 g/mol. The predicted octanol–water partition coefficient (Wildman–Crippen LogP) is 0.410. The predicted molar refractivity (Wildman–Crippen MR) is 100 cm³/mol. The summed E-state index contributed by atoms with van der Waals surface area (Å²) >= 11 is 0. The van der Waals surface area contributed by atoms with Crippen LogP contribution in [-0.4, -0.2) is 67.0 Å². The zero-order valence-electron chi connectivity index (χ0n) is 16.1. The van der Waals surface area contributed by atoms with Gasteiger partial charge in [-0.3, -0.25) is 9.59 Å². The summed E-state index contributed by atoms with van der Waals surface area (Å²) in [5, 5.41) is 2.92. The molecule has 1 aromatic rings. The average Bonchev–Trinajstić information content (AvgIpc) is 3.10. The lowest BCUT2D eigenvalue weighted by atomic mass is 10.0. The molecule has 1 N–H and O–H groups in total. The minimum atomic E-state index is 0.000630. The molecule has 1 atom stereocenters. The number of hydrogen-bond acceptors (Lipinski definition) is 6. The summed E-state index contributed by atoms with van der Waals surface area (Å²) in [7, 11) is 3.83. The molecule has 1 aromatic heterocycles. The number of hydrogen-bond donors (Lipinski definition) is 1. The van der Waals surface area contributed by atoms with Crippen LogP contribution in [0.25, 0.3) is 0 Å². The van der Waals surface area contributed by atoms with Crippen LogP contribution in [-0.2, 0) is 22.6 Å². The third kappa shape index (κ3) is 3.59. The van der Waals surface area contributed by atoms with Gasteiger partial charge in [-0.05, 0) is 19.8 Å². The second-order valence-electron chi connectivity index (χ2n) is 7.18. The lowest BCUT2D eigenvalue weighted by Gasteiger charge is -2.31. The first-order valence-electron chi connectivity index (χ1n) is 9.26. The smallest absolute Gasteiger partial charge is 0.227 e. The van der Waals surface area contributed by atoms with Gasteiger partial charge in [0.25, 0.3) is 0 Å². The van der Waals surface area contributed by atoms with Gasteiger partial charge in [-0.1, -0.05) is 0 Å². The Morgan fingerprint density at radius 3 is 2.69 bits per heavy atom. The van der Waals surface area contributed by atoms with Crippen LogP contribution in [0.3, 0.4) is 0 Å². The van der Waals surface area contributed by atoms with E-state index in [-0.39, 0.29) is 17.7 Å². The number of aromatic nitrogens is 2. The second-order valence-corrected chi connectivity index (χ2v) is 7.18. The number of fused-ring (bicyclic) bond motifs is 1. The zero-order valence-corrected chi connectivity index (χ0v) is 16.1. The third-order valence-electron chi connectivity index (χ3n) is 5.09. The first-order chi connectivity index (χ1) is 12.4. The summed E-state index contributed by atoms with van der Waals surface area (Å²) in [6.07, 6.45) is 1.59. The van der Waals surface area contributed by atoms with Crippen molar-refractivity contribution in [3.8, 4) is 0 Å². The van der Waals surface area contributed by atoms with Crippen LogP contribution in [0.2, 0.25) is 0 Å². The summed E-state index contributed by atoms with van der Waals surface area (Å²) in [5.41, 5.74) is 2.03. The monoisotopic (exact) mass is 360 g/mol. The van der Waals surface area contributed by atoms with E-state index in [1.54, 1.807) is 6.92 Å². The van der Waals surface area contributed by atoms with Gasteiger partial charge in [0.15, 0.2) is 0 Å². The summed E-state index contributed by atoms with van der Waals surface area (Å²) in [4.78, 5) is 39.3. The fourth-order valence-corrected chi connectivity index (χ4v) is 3.61. The van der Waals surface area contributed by atoms with E-state index in [0.717, 1.165) is 36.5 Å². The molecular weight excluding hydrogens is 332 g/mol. The molecule has 0 unspecified atom stereocenters. The second kappa shape index (κ2) is 7.47. The Morgan fingerprint density at radius 2 is 2.04 bits per heavy atom. The number of amides is 2. The minimum Gasteiger partial charge on any atom is -0.356 e. The molecule has 1 fully saturated rings. The summed E-state index contributed by atoms with van der Waals surface area (Å²) in [6.45, 7) is 6.89. The topological polar surface area (TPSA) is 81.7 Å². The molecule has 3 heterocycles. The highest BCUT2D eigenvalue weighted by molar-refractivity contribution is 5.80. The Kier molecular flexibility index (Phi) is 5.29. The highest BCUT2D eigenvalue weighted by Gasteiger charge is 2.32. The van der Waals surface area contributed by atoms with Crippen molar-refractivity contribution in [2.75, 3.05) is 50.1 Å². The number of anilines is 2. The van der Waals surface area contributed by atoms with Gasteiger partial charge >= 0.3 is 0 Å². The lowest BCUT2D eigenvalue weighted by Crippen LogP contribution is -2.37. The highest BCUT2D eigenvalue weighted by atomic mass is 16.2. The number of rotatable bonds is 4. The minimum absolute atomic E-state index is 0.000630. The van der Waals surface area contributed by atoms with E-state index < -0.39 is 0 Å². The number of nitrogens with one attached hydrogen (secondary N) is 1. The van der Waals surface area contributed by atoms with Crippen LogP contribution >= 0.6 is 0 Å². The fourth-order valence-electron chi connectivity index (χ4n) is 3.61. The van der Waals surface area contributed by atoms with Crippen molar-refractivity contribution < 1.29 is 9.59 Å². The summed E-state index contributed by atoms with van der Waals surface area (Å²) in [6, 6.07) is 0. The molecule has 3 rings (SSSR count). The van der Waals surface area contributed by atoms with Crippen LogP contribution in [0.4, 0.5) is 11.8 Å². The van der Waals surface area contributed by atoms with Crippen molar-refractivity contribution in [3.05, 3.63) is 11.3 Å². The Labute approximate surface area is 154 Å². The Hall–Kier alpha value is -2.38. The molecule has 26 heavy (non-hydrogen) atoms. The maximum atomic E-state index is 12.2. The van der Waals surface area contributed by atoms with E-state index in [1.165, 1.54) is 0 Å². The molecule has 2 amide bonds. The quantitative estimate of drug-likeness (QED) is 0.838. The largest absolute Gasteiger partial charge is 0.356 e. The van der Waals surface area contributed by atoms with Gasteiger partial charge in [0.2, 0.25) is 17.8 Å². The van der Waals surface area contributed by atoms with Gasteiger partial charge < -0.3 is 20.0 Å². The normalized spacial score (nSPS) is 19.3. The first kappa shape index (κ1) is 18.4. The molecule has 2 aliphatic rings. The standard InChI is InChI=1S/C18H28N6O2/c1-5-19-17(26)13-6-8-24(10-13)16-14-7-9-23(12(2)25)11-15(14)20-18(21-16)22(3)4/h13H,5-11H2,1-4H3,(H,19,26)/t13-/m0/s1. The van der Waals surface area contributed by atoms with Crippen LogP contribution in [0.15, 0.2) is 0 Å². The highest BCUT2D eigenvalue weighted by Crippen LogP contribution is 2.31. The number of nitrogens with zero attached hydrogens (tertiary/aromatic N) is 5. The van der Waals surface area contributed by atoms with Crippen molar-refractivity contribution in [2.45, 2.75) is 33.2 Å². The van der Waals surface area contributed by atoms with Gasteiger partial charge in [-0.25, -0.2) is 4.98 Å². The van der Waals surface area contributed by atoms with E-state index in [2.05, 4.69) is 15.2 Å². The molecule has 0 saturated carbocycles. The van der Waals surface area contributed by atoms with E-state index in [0.29, 0.717) is 32.1 Å². The molecule has 2 aliphatic heterocycles. The summed E-state index contributed by atoms with van der Waals surface area (Å²) < 4.78 is 0. The van der Waals surface area contributed by atoms with Crippen molar-refractivity contribution in [2.24, 2.45) is 5.92 Å². The van der Waals surface area contributed by atoms with Gasteiger partial charge in [0.1, 0.15) is 5.82 Å². The van der Waals surface area contributed by atoms with Gasteiger partial charge in [0, 0.05) is 52.8 Å². The molecular formula is C18H28N6O2. The number of carbonyl (C=O) groups is 2. The van der Waals surface area contributed by atoms with Crippen LogP contribution in [0.5, 0.6) is 0 Å². The Bertz CT molecular complexity index is 705. The van der Waals surface area contributed by atoms with E-state index in [9.17, 15) is 9.59 Å². The first-order valence-corrected chi connectivity index (χ1v) is 9.26. The molecule has 142 valence electrons. The molecule has 0 bridgehead atoms. The molecule has 0 aromatic carbocycles. The van der Waals surface area contributed by atoms with Crippen LogP contribution in [0, 0.1) is 5.92 Å². The maximum absolute atomic E-state index is 12.2. The molecule has 0 spiro atoms. The van der Waals surface area contributed by atoms with Crippen molar-refractivity contribution in [1.29, 1.82) is 0 Å². The zero-order chi connectivity index (χ0) is 18.8. The van der Waals surface area contributed by atoms with Crippen molar-refractivity contribution in [1.82, 2.24) is 20.2 Å². The van der Waals surface area contributed by atoms with Gasteiger partial charge in [-0.15, -0.1) is 0 Å². The molecule has 1 saturated heterocycles. The van der Waals surface area contributed by atoms with Crippen LogP contribution in [0.1, 0.15) is 31.5 Å². The van der Waals surface area contributed by atoms with Crippen LogP contribution < -0.4 is 15.1 Å². The van der Waals surface area contributed by atoms with Gasteiger partial charge in [-0.2, -0.15) is 4.98 Å². The van der Waals surface area contributed by atoms with E-state index >= 15 is 0 Å². The lowest BCUT2D eigenvalue weighted by molar-refractivity contribution is -0.129. The van der Waals surface area contributed by atoms with Gasteiger partial charge in [0.05, 0.1) is 18.2 Å². The molecule has 0 radical (unpaired) electrons.